The summed E-state index contributed by atoms with van der Waals surface area (Å²) in [4.78, 5) is 12.3. The second-order valence-corrected chi connectivity index (χ2v) is 6.00. The molecule has 0 N–H and O–H groups in total. The van der Waals surface area contributed by atoms with Crippen molar-refractivity contribution in [3.63, 3.8) is 0 Å². The molecule has 0 aromatic rings. The normalized spacial score (nSPS) is 47.6. The number of carbonyl (C=O) groups excluding carboxylic acids is 1. The van der Waals surface area contributed by atoms with Crippen LogP contribution in [0, 0.1) is 5.41 Å². The molecular formula is C12H16O3. The summed E-state index contributed by atoms with van der Waals surface area (Å²) >= 11 is 0. The van der Waals surface area contributed by atoms with Crippen molar-refractivity contribution in [1.29, 1.82) is 0 Å². The fourth-order valence-corrected chi connectivity index (χ4v) is 2.50. The Morgan fingerprint density at radius 1 is 1.47 bits per heavy atom. The largest absolute Gasteiger partial charge is 0.358 e. The van der Waals surface area contributed by atoms with Gasteiger partial charge in [-0.3, -0.25) is 4.79 Å². The molecule has 3 nitrogen and oxygen atoms in total. The maximum atomic E-state index is 12.3. The van der Waals surface area contributed by atoms with Crippen molar-refractivity contribution < 1.29 is 14.3 Å². The number of ketones is 1. The maximum Gasteiger partial charge on any atom is 0.196 e. The van der Waals surface area contributed by atoms with Gasteiger partial charge in [0.25, 0.3) is 0 Å². The topological polar surface area (TPSA) is 42.1 Å². The van der Waals surface area contributed by atoms with Crippen LogP contribution in [0.25, 0.3) is 0 Å². The van der Waals surface area contributed by atoms with Gasteiger partial charge in [0, 0.05) is 5.57 Å². The fourth-order valence-electron chi connectivity index (χ4n) is 2.50. The lowest BCUT2D eigenvalue weighted by atomic mass is 9.73. The molecule has 0 aromatic heterocycles. The first-order valence-corrected chi connectivity index (χ1v) is 5.40. The van der Waals surface area contributed by atoms with E-state index in [4.69, 9.17) is 9.47 Å². The highest BCUT2D eigenvalue weighted by Crippen LogP contribution is 2.57. The lowest BCUT2D eigenvalue weighted by molar-refractivity contribution is -0.122. The van der Waals surface area contributed by atoms with Crippen LogP contribution >= 0.6 is 0 Å². The molecule has 2 heterocycles. The SMILES string of the molecule is CC(C)(C)C1=C[C@]2(C)O[C@@H]2[C@@]2(CO2)C1=O. The predicted octanol–water partition coefficient (Wildman–Crippen LogP) is 1.47. The van der Waals surface area contributed by atoms with Gasteiger partial charge < -0.3 is 9.47 Å². The Morgan fingerprint density at radius 3 is 2.53 bits per heavy atom. The van der Waals surface area contributed by atoms with Gasteiger partial charge >= 0.3 is 0 Å². The van der Waals surface area contributed by atoms with E-state index in [2.05, 4.69) is 20.8 Å². The van der Waals surface area contributed by atoms with Gasteiger partial charge in [-0.15, -0.1) is 0 Å². The summed E-state index contributed by atoms with van der Waals surface area (Å²) in [5.41, 5.74) is -0.147. The molecule has 2 aliphatic heterocycles. The average molecular weight is 208 g/mol. The van der Waals surface area contributed by atoms with E-state index in [1.165, 1.54) is 0 Å². The standard InChI is InChI=1S/C12H16O3/c1-10(2,3)7-5-11(4)9(15-11)12(6-14-12)8(7)13/h5,9H,6H2,1-4H3/t9-,11-,12+/m0/s1. The third kappa shape index (κ3) is 1.05. The molecule has 1 spiro atoms. The molecule has 3 heteroatoms. The van der Waals surface area contributed by atoms with E-state index in [0.717, 1.165) is 5.57 Å². The quantitative estimate of drug-likeness (QED) is 0.566. The third-order valence-corrected chi connectivity index (χ3v) is 3.58. The zero-order valence-electron chi connectivity index (χ0n) is 9.59. The minimum absolute atomic E-state index is 0.0383. The number of fused-ring (bicyclic) bond motifs is 2. The monoisotopic (exact) mass is 208 g/mol. The molecule has 2 saturated heterocycles. The summed E-state index contributed by atoms with van der Waals surface area (Å²) < 4.78 is 11.0. The molecule has 2 fully saturated rings. The number of ether oxygens (including phenoxy) is 2. The minimum atomic E-state index is -0.619. The van der Waals surface area contributed by atoms with Crippen LogP contribution in [0.5, 0.6) is 0 Å². The minimum Gasteiger partial charge on any atom is -0.358 e. The number of hydrogen-bond acceptors (Lipinski definition) is 3. The molecule has 0 aromatic carbocycles. The van der Waals surface area contributed by atoms with Crippen LogP contribution < -0.4 is 0 Å². The summed E-state index contributed by atoms with van der Waals surface area (Å²) in [7, 11) is 0. The van der Waals surface area contributed by atoms with Crippen molar-refractivity contribution in [3.8, 4) is 0 Å². The third-order valence-electron chi connectivity index (χ3n) is 3.58. The Hall–Kier alpha value is -0.670. The molecule has 0 unspecified atom stereocenters. The van der Waals surface area contributed by atoms with Crippen molar-refractivity contribution in [3.05, 3.63) is 11.6 Å². The summed E-state index contributed by atoms with van der Waals surface area (Å²) in [5.74, 6) is 0.134. The molecule has 15 heavy (non-hydrogen) atoms. The van der Waals surface area contributed by atoms with Gasteiger partial charge in [-0.25, -0.2) is 0 Å². The Labute approximate surface area is 89.4 Å². The molecule has 82 valence electrons. The molecule has 1 aliphatic carbocycles. The van der Waals surface area contributed by atoms with Crippen LogP contribution in [0.1, 0.15) is 27.7 Å². The summed E-state index contributed by atoms with van der Waals surface area (Å²) in [6.07, 6.45) is 1.95. The van der Waals surface area contributed by atoms with E-state index >= 15 is 0 Å². The van der Waals surface area contributed by atoms with Crippen molar-refractivity contribution in [2.45, 2.75) is 45.0 Å². The van der Waals surface area contributed by atoms with Crippen LogP contribution in [-0.2, 0) is 14.3 Å². The smallest absolute Gasteiger partial charge is 0.196 e. The highest BCUT2D eigenvalue weighted by molar-refractivity contribution is 6.07. The first kappa shape index (κ1) is 9.55. The lowest BCUT2D eigenvalue weighted by Crippen LogP contribution is -2.42. The molecule has 3 aliphatic rings. The molecule has 3 rings (SSSR count). The summed E-state index contributed by atoms with van der Waals surface area (Å²) in [6, 6.07) is 0. The molecular weight excluding hydrogens is 192 g/mol. The van der Waals surface area contributed by atoms with Gasteiger partial charge in [-0.2, -0.15) is 0 Å². The zero-order chi connectivity index (χ0) is 11.1. The lowest BCUT2D eigenvalue weighted by Gasteiger charge is -2.27. The van der Waals surface area contributed by atoms with Gasteiger partial charge in [0.05, 0.1) is 6.61 Å². The highest BCUT2D eigenvalue weighted by Gasteiger charge is 2.75. The number of carbonyl (C=O) groups is 1. The number of epoxide rings is 2. The Kier molecular flexibility index (Phi) is 1.40. The van der Waals surface area contributed by atoms with Gasteiger partial charge in [-0.05, 0) is 18.4 Å². The Bertz CT molecular complexity index is 384. The fraction of sp³-hybridized carbons (Fsp3) is 0.750. The molecule has 0 saturated carbocycles. The van der Waals surface area contributed by atoms with Crippen molar-refractivity contribution >= 4 is 5.78 Å². The van der Waals surface area contributed by atoms with Crippen LogP contribution in [0.4, 0.5) is 0 Å². The second kappa shape index (κ2) is 2.20. The molecule has 3 atom stereocenters. The van der Waals surface area contributed by atoms with E-state index in [1.54, 1.807) is 0 Å². The van der Waals surface area contributed by atoms with Gasteiger partial charge in [0.15, 0.2) is 11.4 Å². The van der Waals surface area contributed by atoms with E-state index in [9.17, 15) is 4.79 Å². The van der Waals surface area contributed by atoms with Crippen LogP contribution in [-0.4, -0.2) is 29.7 Å². The van der Waals surface area contributed by atoms with Gasteiger partial charge in [-0.1, -0.05) is 20.8 Å². The van der Waals surface area contributed by atoms with Crippen LogP contribution in [0.15, 0.2) is 11.6 Å². The van der Waals surface area contributed by atoms with Crippen LogP contribution in [0.2, 0.25) is 0 Å². The van der Waals surface area contributed by atoms with Gasteiger partial charge in [0.1, 0.15) is 11.7 Å². The van der Waals surface area contributed by atoms with E-state index < -0.39 is 5.60 Å². The van der Waals surface area contributed by atoms with Gasteiger partial charge in [0.2, 0.25) is 0 Å². The first-order chi connectivity index (χ1) is 6.80. The van der Waals surface area contributed by atoms with Crippen LogP contribution in [0.3, 0.4) is 0 Å². The molecule has 0 radical (unpaired) electrons. The Morgan fingerprint density at radius 2 is 2.07 bits per heavy atom. The van der Waals surface area contributed by atoms with Crippen molar-refractivity contribution in [2.24, 2.45) is 5.41 Å². The number of Topliss-reactive ketones (excluding diaryl/α,β-unsaturated/α-hetero) is 1. The van der Waals surface area contributed by atoms with Crippen molar-refractivity contribution in [2.75, 3.05) is 6.61 Å². The number of hydrogen-bond donors (Lipinski definition) is 0. The predicted molar refractivity (Wildman–Crippen MR) is 54.5 cm³/mol. The summed E-state index contributed by atoms with van der Waals surface area (Å²) in [6.45, 7) is 8.72. The van der Waals surface area contributed by atoms with E-state index in [1.807, 2.05) is 13.0 Å². The zero-order valence-corrected chi connectivity index (χ0v) is 9.59. The van der Waals surface area contributed by atoms with E-state index in [-0.39, 0.29) is 22.9 Å². The second-order valence-electron chi connectivity index (χ2n) is 6.00. The van der Waals surface area contributed by atoms with Crippen molar-refractivity contribution in [1.82, 2.24) is 0 Å². The van der Waals surface area contributed by atoms with E-state index in [0.29, 0.717) is 6.61 Å². The summed E-state index contributed by atoms with van der Waals surface area (Å²) in [5, 5.41) is 0. The average Bonchev–Trinajstić information content (AvgIpc) is 2.92. The molecule has 0 bridgehead atoms. The first-order valence-electron chi connectivity index (χ1n) is 5.40. The highest BCUT2D eigenvalue weighted by atomic mass is 16.7. The number of rotatable bonds is 0. The maximum absolute atomic E-state index is 12.3. The Balaban J connectivity index is 2.08. The molecule has 0 amide bonds.